The molecule has 0 bridgehead atoms. The van der Waals surface area contributed by atoms with Crippen LogP contribution in [0.2, 0.25) is 0 Å². The maximum Gasteiger partial charge on any atom is 0.273 e. The lowest BCUT2D eigenvalue weighted by atomic mass is 10.1. The predicted octanol–water partition coefficient (Wildman–Crippen LogP) is 2.09. The van der Waals surface area contributed by atoms with Gasteiger partial charge in [-0.3, -0.25) is 4.57 Å². The van der Waals surface area contributed by atoms with Gasteiger partial charge < -0.3 is 0 Å². The third kappa shape index (κ3) is 3.24. The first-order valence-electron chi connectivity index (χ1n) is 5.96. The minimum absolute atomic E-state index is 0.315. The molecule has 2 N–H and O–H groups in total. The van der Waals surface area contributed by atoms with Crippen molar-refractivity contribution in [3.63, 3.8) is 0 Å². The van der Waals surface area contributed by atoms with Gasteiger partial charge in [0.2, 0.25) is 0 Å². The van der Waals surface area contributed by atoms with Gasteiger partial charge in [0.05, 0.1) is 0 Å². The molecule has 0 spiro atoms. The van der Waals surface area contributed by atoms with Gasteiger partial charge >= 0.3 is 0 Å². The summed E-state index contributed by atoms with van der Waals surface area (Å²) in [5.74, 6) is -0.0485. The van der Waals surface area contributed by atoms with E-state index in [4.69, 9.17) is 5.14 Å². The highest BCUT2D eigenvalue weighted by Crippen LogP contribution is 2.30. The molecule has 2 rings (SSSR count). The first-order chi connectivity index (χ1) is 9.51. The summed E-state index contributed by atoms with van der Waals surface area (Å²) in [5.41, 5.74) is -0.0211. The fourth-order valence-electron chi connectivity index (χ4n) is 1.90. The Bertz CT molecular complexity index is 796. The minimum Gasteiger partial charge on any atom is -0.291 e. The minimum atomic E-state index is -4.01. The fourth-order valence-corrected chi connectivity index (χ4v) is 3.39. The van der Waals surface area contributed by atoms with Crippen molar-refractivity contribution in [3.8, 4) is 11.4 Å². The number of nitrogens with zero attached hydrogens (tertiary/aromatic N) is 3. The molecule has 0 aliphatic heterocycles. The summed E-state index contributed by atoms with van der Waals surface area (Å²) in [7, 11) is -4.01. The number of primary sulfonamides is 1. The molecule has 0 unspecified atom stereocenters. The van der Waals surface area contributed by atoms with Crippen LogP contribution in [0.3, 0.4) is 0 Å². The lowest BCUT2D eigenvalue weighted by Crippen LogP contribution is -2.29. The number of rotatable bonds is 2. The Balaban J connectivity index is 2.80. The first-order valence-corrected chi connectivity index (χ1v) is 8.58. The zero-order chi connectivity index (χ0) is 16.0. The second-order valence-corrected chi connectivity index (χ2v) is 8.10. The summed E-state index contributed by atoms with van der Waals surface area (Å²) < 4.78 is 38.6. The molecule has 0 radical (unpaired) electrons. The van der Waals surface area contributed by atoms with E-state index in [1.807, 2.05) is 43.4 Å². The van der Waals surface area contributed by atoms with E-state index in [-0.39, 0.29) is 11.0 Å². The smallest absolute Gasteiger partial charge is 0.273 e. The van der Waals surface area contributed by atoms with Gasteiger partial charge in [0.15, 0.2) is 5.82 Å². The van der Waals surface area contributed by atoms with Crippen LogP contribution >= 0.6 is 22.6 Å². The topological polar surface area (TPSA) is 90.9 Å². The Morgan fingerprint density at radius 3 is 2.38 bits per heavy atom. The Labute approximate surface area is 135 Å². The van der Waals surface area contributed by atoms with Crippen LogP contribution in [0.15, 0.2) is 23.4 Å². The van der Waals surface area contributed by atoms with Gasteiger partial charge in [-0.1, -0.05) is 0 Å². The molecule has 9 heteroatoms. The van der Waals surface area contributed by atoms with E-state index in [0.29, 0.717) is 15.0 Å². The number of halogens is 2. The van der Waals surface area contributed by atoms with Gasteiger partial charge in [0.1, 0.15) is 5.82 Å². The molecule has 0 aliphatic rings. The van der Waals surface area contributed by atoms with Gasteiger partial charge in [-0.2, -0.15) is 0 Å². The molecule has 0 amide bonds. The number of sulfonamides is 1. The van der Waals surface area contributed by atoms with Crippen LogP contribution in [-0.2, 0) is 15.6 Å². The van der Waals surface area contributed by atoms with E-state index in [2.05, 4.69) is 10.2 Å². The van der Waals surface area contributed by atoms with Crippen LogP contribution in [0.25, 0.3) is 11.4 Å². The van der Waals surface area contributed by atoms with Crippen molar-refractivity contribution in [1.82, 2.24) is 14.8 Å². The predicted molar refractivity (Wildman–Crippen MR) is 84.5 cm³/mol. The standard InChI is InChI=1S/C12H14FIN4O2S/c1-12(2,3)18-10(16-17-11(18)21(15,19)20)8-5-4-7(13)6-9(8)14/h4-6H,1-3H3,(H2,15,19,20). The molecule has 2 aromatic rings. The molecule has 0 aliphatic carbocycles. The van der Waals surface area contributed by atoms with Crippen LogP contribution in [0.4, 0.5) is 4.39 Å². The molecule has 0 saturated carbocycles. The Morgan fingerprint density at radius 1 is 1.29 bits per heavy atom. The second kappa shape index (κ2) is 5.29. The quantitative estimate of drug-likeness (QED) is 0.748. The average molecular weight is 424 g/mol. The summed E-state index contributed by atoms with van der Waals surface area (Å²) in [6, 6.07) is 4.17. The summed E-state index contributed by atoms with van der Waals surface area (Å²) >= 11 is 1.96. The van der Waals surface area contributed by atoms with Crippen LogP contribution in [-0.4, -0.2) is 23.2 Å². The molecule has 0 fully saturated rings. The van der Waals surface area contributed by atoms with Crippen molar-refractivity contribution in [3.05, 3.63) is 27.6 Å². The molecular weight excluding hydrogens is 410 g/mol. The summed E-state index contributed by atoms with van der Waals surface area (Å²) in [5, 5.41) is 12.5. The summed E-state index contributed by atoms with van der Waals surface area (Å²) in [4.78, 5) is 0. The van der Waals surface area contributed by atoms with Crippen molar-refractivity contribution in [2.24, 2.45) is 5.14 Å². The van der Waals surface area contributed by atoms with Gasteiger partial charge in [-0.25, -0.2) is 17.9 Å². The highest BCUT2D eigenvalue weighted by atomic mass is 127. The zero-order valence-corrected chi connectivity index (χ0v) is 14.6. The third-order valence-corrected chi connectivity index (χ3v) is 4.40. The maximum absolute atomic E-state index is 13.2. The molecule has 21 heavy (non-hydrogen) atoms. The largest absolute Gasteiger partial charge is 0.291 e. The number of hydrogen-bond donors (Lipinski definition) is 1. The van der Waals surface area contributed by atoms with Crippen molar-refractivity contribution < 1.29 is 12.8 Å². The van der Waals surface area contributed by atoms with Gasteiger partial charge in [-0.05, 0) is 61.6 Å². The van der Waals surface area contributed by atoms with Gasteiger partial charge in [-0.15, -0.1) is 10.2 Å². The highest BCUT2D eigenvalue weighted by molar-refractivity contribution is 14.1. The SMILES string of the molecule is CC(C)(C)n1c(-c2ccc(F)cc2I)nnc1S(N)(=O)=O. The van der Waals surface area contributed by atoms with Crippen molar-refractivity contribution in [2.45, 2.75) is 31.5 Å². The third-order valence-electron chi connectivity index (χ3n) is 2.73. The number of benzene rings is 1. The van der Waals surface area contributed by atoms with E-state index < -0.39 is 15.6 Å². The van der Waals surface area contributed by atoms with Crippen molar-refractivity contribution in [1.29, 1.82) is 0 Å². The fraction of sp³-hybridized carbons (Fsp3) is 0.333. The first kappa shape index (κ1) is 16.3. The van der Waals surface area contributed by atoms with Gasteiger partial charge in [0, 0.05) is 14.7 Å². The van der Waals surface area contributed by atoms with Crippen LogP contribution < -0.4 is 5.14 Å². The van der Waals surface area contributed by atoms with E-state index in [0.717, 1.165) is 0 Å². The van der Waals surface area contributed by atoms with Crippen molar-refractivity contribution >= 4 is 32.6 Å². The number of nitrogens with two attached hydrogens (primary N) is 1. The normalized spacial score (nSPS) is 12.7. The molecule has 0 atom stereocenters. The Hall–Kier alpha value is -1.07. The van der Waals surface area contributed by atoms with Crippen molar-refractivity contribution in [2.75, 3.05) is 0 Å². The molecule has 1 aromatic heterocycles. The molecule has 6 nitrogen and oxygen atoms in total. The molecule has 1 aromatic carbocycles. The van der Waals surface area contributed by atoms with E-state index in [1.165, 1.54) is 22.8 Å². The second-order valence-electron chi connectivity index (χ2n) is 5.48. The van der Waals surface area contributed by atoms with E-state index in [1.54, 1.807) is 0 Å². The molecule has 0 saturated heterocycles. The van der Waals surface area contributed by atoms with Crippen LogP contribution in [0.5, 0.6) is 0 Å². The van der Waals surface area contributed by atoms with E-state index >= 15 is 0 Å². The van der Waals surface area contributed by atoms with Gasteiger partial charge in [0.25, 0.3) is 15.2 Å². The number of aromatic nitrogens is 3. The summed E-state index contributed by atoms with van der Waals surface area (Å²) in [6.07, 6.45) is 0. The van der Waals surface area contributed by atoms with Crippen LogP contribution in [0.1, 0.15) is 20.8 Å². The monoisotopic (exact) mass is 424 g/mol. The Morgan fingerprint density at radius 2 is 1.90 bits per heavy atom. The molecule has 114 valence electrons. The Kier molecular flexibility index (Phi) is 4.10. The zero-order valence-electron chi connectivity index (χ0n) is 11.6. The van der Waals surface area contributed by atoms with Crippen LogP contribution in [0, 0.1) is 9.39 Å². The highest BCUT2D eigenvalue weighted by Gasteiger charge is 2.30. The molecular formula is C12H14FIN4O2S. The lowest BCUT2D eigenvalue weighted by molar-refractivity contribution is 0.366. The van der Waals surface area contributed by atoms with E-state index in [9.17, 15) is 12.8 Å². The summed E-state index contributed by atoms with van der Waals surface area (Å²) in [6.45, 7) is 5.43. The number of hydrogen-bond acceptors (Lipinski definition) is 4. The maximum atomic E-state index is 13.2. The average Bonchev–Trinajstić information content (AvgIpc) is 2.72. The lowest BCUT2D eigenvalue weighted by Gasteiger charge is -2.24. The molecule has 1 heterocycles.